The maximum absolute atomic E-state index is 11.9. The summed E-state index contributed by atoms with van der Waals surface area (Å²) < 4.78 is 4.97. The molecule has 5 heteroatoms. The lowest BCUT2D eigenvalue weighted by molar-refractivity contribution is -0.131. The van der Waals surface area contributed by atoms with Crippen molar-refractivity contribution < 1.29 is 14.3 Å². The molecule has 16 heavy (non-hydrogen) atoms. The Balaban J connectivity index is 3.03. The van der Waals surface area contributed by atoms with Gasteiger partial charge >= 0.3 is 5.97 Å². The van der Waals surface area contributed by atoms with Crippen molar-refractivity contribution in [3.05, 3.63) is 29.8 Å². The minimum absolute atomic E-state index is 0.117. The number of alkyl halides is 2. The molecule has 1 rings (SSSR count). The molecule has 1 unspecified atom stereocenters. The number of ether oxygens (including phenoxy) is 1. The highest BCUT2D eigenvalue weighted by Gasteiger charge is 2.19. The second-order valence-electron chi connectivity index (χ2n) is 3.08. The molecule has 1 aromatic carbocycles. The van der Waals surface area contributed by atoms with Crippen molar-refractivity contribution in [2.24, 2.45) is 0 Å². The summed E-state index contributed by atoms with van der Waals surface area (Å²) in [7, 11) is 0. The molecule has 1 aromatic rings. The van der Waals surface area contributed by atoms with Gasteiger partial charge in [0.1, 0.15) is 5.75 Å². The Morgan fingerprint density at radius 1 is 1.38 bits per heavy atom. The number of ketones is 1. The van der Waals surface area contributed by atoms with Gasteiger partial charge in [-0.25, -0.2) is 0 Å². The van der Waals surface area contributed by atoms with Crippen LogP contribution in [-0.2, 0) is 4.79 Å². The van der Waals surface area contributed by atoms with E-state index in [4.69, 9.17) is 4.74 Å². The highest BCUT2D eigenvalue weighted by Crippen LogP contribution is 2.22. The number of carbonyl (C=O) groups excluding carboxylic acids is 2. The van der Waals surface area contributed by atoms with Crippen molar-refractivity contribution in [3.63, 3.8) is 0 Å². The highest BCUT2D eigenvalue weighted by molar-refractivity contribution is 9.12. The third kappa shape index (κ3) is 3.42. The zero-order valence-corrected chi connectivity index (χ0v) is 11.7. The van der Waals surface area contributed by atoms with Crippen LogP contribution in [0, 0.1) is 0 Å². The van der Waals surface area contributed by atoms with Gasteiger partial charge in [-0.15, -0.1) is 0 Å². The first-order valence-electron chi connectivity index (χ1n) is 4.58. The maximum atomic E-state index is 11.9. The number of hydrogen-bond donors (Lipinski definition) is 0. The lowest BCUT2D eigenvalue weighted by Crippen LogP contribution is -2.17. The third-order valence-corrected chi connectivity index (χ3v) is 4.08. The van der Waals surface area contributed by atoms with Crippen LogP contribution >= 0.6 is 31.9 Å². The first-order chi connectivity index (χ1) is 7.56. The molecular weight excluding hydrogens is 340 g/mol. The van der Waals surface area contributed by atoms with Gasteiger partial charge in [-0.1, -0.05) is 44.0 Å². The zero-order valence-electron chi connectivity index (χ0n) is 8.57. The molecule has 0 heterocycles. The average Bonchev–Trinajstić information content (AvgIpc) is 2.27. The Kier molecular flexibility index (Phi) is 5.15. The molecule has 0 amide bonds. The molecule has 0 bridgehead atoms. The van der Waals surface area contributed by atoms with Crippen LogP contribution in [0.4, 0.5) is 0 Å². The van der Waals surface area contributed by atoms with E-state index in [1.165, 1.54) is 6.92 Å². The van der Waals surface area contributed by atoms with E-state index in [0.717, 1.165) is 0 Å². The van der Waals surface area contributed by atoms with Crippen molar-refractivity contribution in [1.82, 2.24) is 0 Å². The summed E-state index contributed by atoms with van der Waals surface area (Å²) in [5.41, 5.74) is 0.402. The molecule has 0 aromatic heterocycles. The molecule has 0 spiro atoms. The monoisotopic (exact) mass is 348 g/mol. The van der Waals surface area contributed by atoms with E-state index in [0.29, 0.717) is 16.6 Å². The number of benzene rings is 1. The van der Waals surface area contributed by atoms with Crippen LogP contribution in [0.2, 0.25) is 0 Å². The quantitative estimate of drug-likeness (QED) is 0.363. The Morgan fingerprint density at radius 3 is 2.56 bits per heavy atom. The molecule has 3 nitrogen and oxygen atoms in total. The number of para-hydroxylation sites is 1. The normalized spacial score (nSPS) is 11.9. The van der Waals surface area contributed by atoms with E-state index >= 15 is 0 Å². The zero-order chi connectivity index (χ0) is 12.1. The smallest absolute Gasteiger partial charge is 0.308 e. The third-order valence-electron chi connectivity index (χ3n) is 1.83. The molecule has 0 saturated heterocycles. The fourth-order valence-corrected chi connectivity index (χ4v) is 1.69. The van der Waals surface area contributed by atoms with Crippen molar-refractivity contribution in [2.75, 3.05) is 5.33 Å². The number of rotatable bonds is 4. The van der Waals surface area contributed by atoms with E-state index in [1.54, 1.807) is 24.3 Å². The standard InChI is InChI=1S/C11H10Br2O3/c1-7(14)16-10-5-3-2-4-8(10)11(15)9(13)6-12/h2-5,9H,6H2,1H3. The Morgan fingerprint density at radius 2 is 2.00 bits per heavy atom. The molecule has 86 valence electrons. The second kappa shape index (κ2) is 6.15. The van der Waals surface area contributed by atoms with E-state index in [9.17, 15) is 9.59 Å². The van der Waals surface area contributed by atoms with Crippen LogP contribution < -0.4 is 4.74 Å². The summed E-state index contributed by atoms with van der Waals surface area (Å²) in [6, 6.07) is 6.68. The lowest BCUT2D eigenvalue weighted by atomic mass is 10.1. The Bertz CT molecular complexity index is 404. The number of carbonyl (C=O) groups is 2. The molecule has 0 fully saturated rings. The van der Waals surface area contributed by atoms with Gasteiger partial charge in [0.05, 0.1) is 10.4 Å². The van der Waals surface area contributed by atoms with E-state index in [2.05, 4.69) is 31.9 Å². The maximum Gasteiger partial charge on any atom is 0.308 e. The first-order valence-corrected chi connectivity index (χ1v) is 6.61. The van der Waals surface area contributed by atoms with Crippen molar-refractivity contribution >= 4 is 43.6 Å². The van der Waals surface area contributed by atoms with Gasteiger partial charge in [-0.05, 0) is 12.1 Å². The summed E-state index contributed by atoms with van der Waals surface area (Å²) >= 11 is 6.46. The van der Waals surface area contributed by atoms with Crippen LogP contribution in [0.1, 0.15) is 17.3 Å². The predicted octanol–water partition coefficient (Wildman–Crippen LogP) is 2.95. The largest absolute Gasteiger partial charge is 0.426 e. The lowest BCUT2D eigenvalue weighted by Gasteiger charge is -2.09. The second-order valence-corrected chi connectivity index (χ2v) is 4.83. The number of hydrogen-bond acceptors (Lipinski definition) is 3. The van der Waals surface area contributed by atoms with Gasteiger partial charge in [0, 0.05) is 12.3 Å². The predicted molar refractivity (Wildman–Crippen MR) is 68.6 cm³/mol. The van der Waals surface area contributed by atoms with Gasteiger partial charge < -0.3 is 4.74 Å². The Labute approximate surface area is 110 Å². The van der Waals surface area contributed by atoms with Gasteiger partial charge in [0.2, 0.25) is 0 Å². The average molecular weight is 350 g/mol. The summed E-state index contributed by atoms with van der Waals surface area (Å²) in [5.74, 6) is -0.260. The van der Waals surface area contributed by atoms with Gasteiger partial charge in [0.15, 0.2) is 5.78 Å². The fraction of sp³-hybridized carbons (Fsp3) is 0.273. The first kappa shape index (κ1) is 13.4. The minimum atomic E-state index is -0.440. The van der Waals surface area contributed by atoms with Crippen molar-refractivity contribution in [3.8, 4) is 5.75 Å². The van der Waals surface area contributed by atoms with Gasteiger partial charge in [-0.2, -0.15) is 0 Å². The van der Waals surface area contributed by atoms with Gasteiger partial charge in [-0.3, -0.25) is 9.59 Å². The number of esters is 1. The number of halogens is 2. The van der Waals surface area contributed by atoms with Crippen LogP contribution in [-0.4, -0.2) is 21.9 Å². The fourth-order valence-electron chi connectivity index (χ4n) is 1.15. The molecule has 0 aliphatic heterocycles. The van der Waals surface area contributed by atoms with E-state index in [-0.39, 0.29) is 10.6 Å². The van der Waals surface area contributed by atoms with Crippen molar-refractivity contribution in [1.29, 1.82) is 0 Å². The summed E-state index contributed by atoms with van der Waals surface area (Å²) in [6.45, 7) is 1.30. The van der Waals surface area contributed by atoms with Crippen molar-refractivity contribution in [2.45, 2.75) is 11.8 Å². The van der Waals surface area contributed by atoms with E-state index in [1.807, 2.05) is 0 Å². The molecular formula is C11H10Br2O3. The van der Waals surface area contributed by atoms with Crippen LogP contribution in [0.15, 0.2) is 24.3 Å². The van der Waals surface area contributed by atoms with E-state index < -0.39 is 5.97 Å². The minimum Gasteiger partial charge on any atom is -0.426 e. The van der Waals surface area contributed by atoms with Crippen LogP contribution in [0.3, 0.4) is 0 Å². The number of Topliss-reactive ketones (excluding diaryl/α,β-unsaturated/α-hetero) is 1. The summed E-state index contributed by atoms with van der Waals surface area (Å²) in [4.78, 5) is 22.5. The van der Waals surface area contributed by atoms with Crippen LogP contribution in [0.5, 0.6) is 5.75 Å². The SMILES string of the molecule is CC(=O)Oc1ccccc1C(=O)C(Br)CBr. The summed E-state index contributed by atoms with van der Waals surface area (Å²) in [6.07, 6.45) is 0. The Hall–Kier alpha value is -0.680. The summed E-state index contributed by atoms with van der Waals surface area (Å²) in [5, 5.41) is 0.500. The molecule has 0 N–H and O–H groups in total. The molecule has 0 aliphatic carbocycles. The molecule has 0 aliphatic rings. The van der Waals surface area contributed by atoms with Crippen LogP contribution in [0.25, 0.3) is 0 Å². The molecule has 0 saturated carbocycles. The topological polar surface area (TPSA) is 43.4 Å². The highest BCUT2D eigenvalue weighted by atomic mass is 79.9. The molecule has 0 radical (unpaired) electrons. The van der Waals surface area contributed by atoms with Gasteiger partial charge in [0.25, 0.3) is 0 Å². The molecule has 1 atom stereocenters.